The molecule has 18 heavy (non-hydrogen) atoms. The Morgan fingerprint density at radius 3 is 2.78 bits per heavy atom. The highest BCUT2D eigenvalue weighted by atomic mass is 19.1. The van der Waals surface area contributed by atoms with Crippen molar-refractivity contribution in [2.75, 3.05) is 13.1 Å². The van der Waals surface area contributed by atoms with E-state index in [-0.39, 0.29) is 23.8 Å². The molecule has 0 radical (unpaired) electrons. The first kappa shape index (κ1) is 14.0. The van der Waals surface area contributed by atoms with E-state index in [1.54, 1.807) is 13.8 Å². The summed E-state index contributed by atoms with van der Waals surface area (Å²) in [5.74, 6) is -1.77. The zero-order valence-corrected chi connectivity index (χ0v) is 10.4. The van der Waals surface area contributed by atoms with Gasteiger partial charge >= 0.3 is 0 Å². The van der Waals surface area contributed by atoms with Crippen molar-refractivity contribution in [1.82, 2.24) is 4.90 Å². The van der Waals surface area contributed by atoms with Crippen LogP contribution in [0.3, 0.4) is 0 Å². The van der Waals surface area contributed by atoms with E-state index in [0.717, 1.165) is 6.07 Å². The molecule has 0 bridgehead atoms. The van der Waals surface area contributed by atoms with Crippen LogP contribution < -0.4 is 0 Å². The number of aromatic hydroxyl groups is 1. The van der Waals surface area contributed by atoms with Crippen LogP contribution in [0, 0.1) is 23.1 Å². The van der Waals surface area contributed by atoms with E-state index in [0.29, 0.717) is 6.54 Å². The van der Waals surface area contributed by atoms with Gasteiger partial charge in [0.15, 0.2) is 0 Å². The van der Waals surface area contributed by atoms with E-state index in [9.17, 15) is 9.18 Å². The summed E-state index contributed by atoms with van der Waals surface area (Å²) < 4.78 is 13.5. The van der Waals surface area contributed by atoms with Gasteiger partial charge in [-0.15, -0.1) is 0 Å². The van der Waals surface area contributed by atoms with Gasteiger partial charge in [-0.05, 0) is 26.0 Å². The van der Waals surface area contributed by atoms with E-state index in [1.807, 2.05) is 6.07 Å². The number of benzene rings is 1. The summed E-state index contributed by atoms with van der Waals surface area (Å²) in [6.45, 7) is 4.11. The van der Waals surface area contributed by atoms with Crippen LogP contribution in [0.25, 0.3) is 0 Å². The Hall–Kier alpha value is -2.09. The summed E-state index contributed by atoms with van der Waals surface area (Å²) in [4.78, 5) is 13.5. The number of carbonyl (C=O) groups is 1. The highest BCUT2D eigenvalue weighted by Crippen LogP contribution is 2.17. The molecule has 0 aliphatic rings. The smallest absolute Gasteiger partial charge is 0.256 e. The predicted octanol–water partition coefficient (Wildman–Crippen LogP) is 2.15. The fraction of sp³-hybridized carbons (Fsp3) is 0.385. The average molecular weight is 250 g/mol. The van der Waals surface area contributed by atoms with E-state index < -0.39 is 11.7 Å². The molecule has 1 rings (SSSR count). The quantitative estimate of drug-likeness (QED) is 0.890. The van der Waals surface area contributed by atoms with Crippen LogP contribution in [-0.4, -0.2) is 29.0 Å². The lowest BCUT2D eigenvalue weighted by Gasteiger charge is -2.22. The number of carbonyl (C=O) groups excluding carboxylic acids is 1. The molecule has 1 aromatic rings. The number of phenols is 1. The van der Waals surface area contributed by atoms with E-state index in [1.165, 1.54) is 17.0 Å². The van der Waals surface area contributed by atoms with Crippen molar-refractivity contribution >= 4 is 5.91 Å². The van der Waals surface area contributed by atoms with Crippen molar-refractivity contribution in [2.45, 2.75) is 13.8 Å². The van der Waals surface area contributed by atoms with Gasteiger partial charge in [0.2, 0.25) is 0 Å². The number of nitriles is 1. The molecule has 0 saturated carbocycles. The molecule has 4 nitrogen and oxygen atoms in total. The molecule has 1 atom stereocenters. The van der Waals surface area contributed by atoms with Gasteiger partial charge in [0.25, 0.3) is 5.91 Å². The summed E-state index contributed by atoms with van der Waals surface area (Å²) in [6, 6.07) is 5.43. The number of rotatable bonds is 4. The van der Waals surface area contributed by atoms with Gasteiger partial charge in [-0.25, -0.2) is 4.39 Å². The third kappa shape index (κ3) is 3.20. The molecule has 0 fully saturated rings. The lowest BCUT2D eigenvalue weighted by atomic mass is 10.1. The highest BCUT2D eigenvalue weighted by molar-refractivity contribution is 5.94. The summed E-state index contributed by atoms with van der Waals surface area (Å²) >= 11 is 0. The average Bonchev–Trinajstić information content (AvgIpc) is 2.34. The summed E-state index contributed by atoms with van der Waals surface area (Å²) in [5.41, 5.74) is -0.0974. The number of hydrogen-bond acceptors (Lipinski definition) is 3. The van der Waals surface area contributed by atoms with Crippen molar-refractivity contribution in [3.8, 4) is 11.8 Å². The maximum atomic E-state index is 13.5. The fourth-order valence-electron chi connectivity index (χ4n) is 1.57. The van der Waals surface area contributed by atoms with Crippen LogP contribution in [-0.2, 0) is 0 Å². The van der Waals surface area contributed by atoms with E-state index in [4.69, 9.17) is 10.4 Å². The molecule has 0 heterocycles. The fourth-order valence-corrected chi connectivity index (χ4v) is 1.57. The molecule has 1 aromatic carbocycles. The monoisotopic (exact) mass is 250 g/mol. The Bertz CT molecular complexity index is 482. The summed E-state index contributed by atoms with van der Waals surface area (Å²) in [5, 5.41) is 17.8. The van der Waals surface area contributed by atoms with Crippen LogP contribution in [0.15, 0.2) is 18.2 Å². The second-order valence-corrected chi connectivity index (χ2v) is 4.04. The first-order chi connectivity index (χ1) is 8.49. The Kier molecular flexibility index (Phi) is 4.67. The zero-order chi connectivity index (χ0) is 13.7. The third-order valence-corrected chi connectivity index (χ3v) is 2.57. The lowest BCUT2D eigenvalue weighted by molar-refractivity contribution is 0.0748. The lowest BCUT2D eigenvalue weighted by Crippen LogP contribution is -2.34. The van der Waals surface area contributed by atoms with Crippen LogP contribution >= 0.6 is 0 Å². The van der Waals surface area contributed by atoms with Crippen molar-refractivity contribution in [1.29, 1.82) is 5.26 Å². The number of phenolic OH excluding ortho intramolecular Hbond substituents is 1. The second-order valence-electron chi connectivity index (χ2n) is 4.04. The van der Waals surface area contributed by atoms with Crippen molar-refractivity contribution in [2.24, 2.45) is 5.92 Å². The minimum absolute atomic E-state index is 0.0974. The second kappa shape index (κ2) is 6.01. The Morgan fingerprint density at radius 1 is 1.61 bits per heavy atom. The summed E-state index contributed by atoms with van der Waals surface area (Å²) in [6.07, 6.45) is 0. The van der Waals surface area contributed by atoms with E-state index in [2.05, 4.69) is 0 Å². The van der Waals surface area contributed by atoms with Crippen molar-refractivity contribution < 1.29 is 14.3 Å². The standard InChI is InChI=1S/C13H15FN2O2/c1-3-16(8-9(2)7-15)13(18)11-5-4-10(17)6-12(11)14/h4-6,9,17H,3,8H2,1-2H3. The molecule has 96 valence electrons. The molecule has 0 aliphatic heterocycles. The number of halogens is 1. The van der Waals surface area contributed by atoms with E-state index >= 15 is 0 Å². The van der Waals surface area contributed by atoms with Crippen molar-refractivity contribution in [3.63, 3.8) is 0 Å². The van der Waals surface area contributed by atoms with Gasteiger partial charge in [0, 0.05) is 19.2 Å². The van der Waals surface area contributed by atoms with Gasteiger partial charge in [-0.1, -0.05) is 0 Å². The molecule has 0 aliphatic carbocycles. The maximum Gasteiger partial charge on any atom is 0.256 e. The minimum atomic E-state index is -0.761. The van der Waals surface area contributed by atoms with Crippen LogP contribution in [0.1, 0.15) is 24.2 Å². The topological polar surface area (TPSA) is 64.3 Å². The van der Waals surface area contributed by atoms with Gasteiger partial charge in [0.05, 0.1) is 17.6 Å². The molecule has 0 spiro atoms. The molecule has 1 amide bonds. The Labute approximate surface area is 105 Å². The van der Waals surface area contributed by atoms with Gasteiger partial charge < -0.3 is 10.0 Å². The number of nitrogens with zero attached hydrogens (tertiary/aromatic N) is 2. The largest absolute Gasteiger partial charge is 0.508 e. The zero-order valence-electron chi connectivity index (χ0n) is 10.4. The van der Waals surface area contributed by atoms with Gasteiger partial charge in [-0.2, -0.15) is 5.26 Å². The third-order valence-electron chi connectivity index (χ3n) is 2.57. The highest BCUT2D eigenvalue weighted by Gasteiger charge is 2.19. The molecule has 0 saturated heterocycles. The first-order valence-corrected chi connectivity index (χ1v) is 5.67. The molecular formula is C13H15FN2O2. The molecule has 5 heteroatoms. The maximum absolute atomic E-state index is 13.5. The van der Waals surface area contributed by atoms with Gasteiger partial charge in [-0.3, -0.25) is 4.79 Å². The molecule has 0 aromatic heterocycles. The minimum Gasteiger partial charge on any atom is -0.508 e. The SMILES string of the molecule is CCN(CC(C)C#N)C(=O)c1ccc(O)cc1F. The molecule has 1 N–H and O–H groups in total. The van der Waals surface area contributed by atoms with Crippen LogP contribution in [0.4, 0.5) is 4.39 Å². The van der Waals surface area contributed by atoms with Gasteiger partial charge in [0.1, 0.15) is 11.6 Å². The Balaban J connectivity index is 2.94. The van der Waals surface area contributed by atoms with Crippen LogP contribution in [0.5, 0.6) is 5.75 Å². The predicted molar refractivity (Wildman–Crippen MR) is 64.4 cm³/mol. The molecule has 1 unspecified atom stereocenters. The first-order valence-electron chi connectivity index (χ1n) is 5.67. The van der Waals surface area contributed by atoms with Crippen molar-refractivity contribution in [3.05, 3.63) is 29.6 Å². The summed E-state index contributed by atoms with van der Waals surface area (Å²) in [7, 11) is 0. The Morgan fingerprint density at radius 2 is 2.28 bits per heavy atom. The molecular weight excluding hydrogens is 235 g/mol. The normalized spacial score (nSPS) is 11.7. The number of amides is 1. The number of hydrogen-bond donors (Lipinski definition) is 1. The van der Waals surface area contributed by atoms with Crippen LogP contribution in [0.2, 0.25) is 0 Å².